The molecule has 1 aliphatic rings. The number of aryl methyl sites for hydroxylation is 2. The van der Waals surface area contributed by atoms with Crippen molar-refractivity contribution in [2.75, 3.05) is 32.6 Å². The average Bonchev–Trinajstić information content (AvgIpc) is 3.21. The molecule has 0 fully saturated rings. The fraction of sp³-hybridized carbons (Fsp3) is 0.407. The maximum atomic E-state index is 6.60. The van der Waals surface area contributed by atoms with Crippen LogP contribution in [-0.2, 0) is 24.0 Å². The SMILES string of the molecule is CCc1nc(-c2ccc(OC)cc2Cl)c(CC)nc1N[C@@H]1c2ccccc2C[C@@H]1OCCNC. The summed E-state index contributed by atoms with van der Waals surface area (Å²) < 4.78 is 11.6. The first-order valence-corrected chi connectivity index (χ1v) is 12.3. The summed E-state index contributed by atoms with van der Waals surface area (Å²) in [6.45, 7) is 5.67. The molecule has 7 heteroatoms. The molecule has 2 atom stereocenters. The first kappa shape index (κ1) is 24.5. The number of halogens is 1. The van der Waals surface area contributed by atoms with Gasteiger partial charge < -0.3 is 20.1 Å². The van der Waals surface area contributed by atoms with Crippen molar-refractivity contribution < 1.29 is 9.47 Å². The Morgan fingerprint density at radius 3 is 2.56 bits per heavy atom. The summed E-state index contributed by atoms with van der Waals surface area (Å²) in [5, 5.41) is 7.47. The van der Waals surface area contributed by atoms with E-state index in [1.807, 2.05) is 25.2 Å². The number of nitrogens with zero attached hydrogens (tertiary/aromatic N) is 2. The molecule has 1 heterocycles. The first-order chi connectivity index (χ1) is 16.6. The number of ether oxygens (including phenoxy) is 2. The van der Waals surface area contributed by atoms with Crippen LogP contribution in [0.5, 0.6) is 5.75 Å². The van der Waals surface area contributed by atoms with Crippen LogP contribution in [0.15, 0.2) is 42.5 Å². The van der Waals surface area contributed by atoms with Gasteiger partial charge in [0.1, 0.15) is 11.6 Å². The van der Waals surface area contributed by atoms with Gasteiger partial charge in [0.2, 0.25) is 0 Å². The molecular formula is C27H33ClN4O2. The molecule has 0 aliphatic heterocycles. The number of rotatable bonds is 10. The van der Waals surface area contributed by atoms with Crippen molar-refractivity contribution in [2.24, 2.45) is 0 Å². The fourth-order valence-corrected chi connectivity index (χ4v) is 4.75. The number of aromatic nitrogens is 2. The number of benzene rings is 2. The zero-order valence-corrected chi connectivity index (χ0v) is 21.1. The lowest BCUT2D eigenvalue weighted by atomic mass is 10.1. The van der Waals surface area contributed by atoms with Crippen LogP contribution < -0.4 is 15.4 Å². The van der Waals surface area contributed by atoms with Crippen LogP contribution in [0.3, 0.4) is 0 Å². The van der Waals surface area contributed by atoms with Crippen molar-refractivity contribution in [2.45, 2.75) is 45.3 Å². The topological polar surface area (TPSA) is 68.3 Å². The highest BCUT2D eigenvalue weighted by atomic mass is 35.5. The van der Waals surface area contributed by atoms with Gasteiger partial charge >= 0.3 is 0 Å². The minimum absolute atomic E-state index is 0.0211. The van der Waals surface area contributed by atoms with Gasteiger partial charge in [-0.05, 0) is 49.2 Å². The lowest BCUT2D eigenvalue weighted by Crippen LogP contribution is -2.28. The molecule has 180 valence electrons. The third kappa shape index (κ3) is 5.04. The van der Waals surface area contributed by atoms with Crippen molar-refractivity contribution >= 4 is 17.4 Å². The predicted molar refractivity (Wildman–Crippen MR) is 138 cm³/mol. The Kier molecular flexibility index (Phi) is 8.03. The second-order valence-electron chi connectivity index (χ2n) is 8.40. The third-order valence-electron chi connectivity index (χ3n) is 6.30. The van der Waals surface area contributed by atoms with Crippen LogP contribution >= 0.6 is 11.6 Å². The molecule has 0 unspecified atom stereocenters. The summed E-state index contributed by atoms with van der Waals surface area (Å²) >= 11 is 6.60. The van der Waals surface area contributed by atoms with Gasteiger partial charge in [0.15, 0.2) is 0 Å². The highest BCUT2D eigenvalue weighted by Gasteiger charge is 2.34. The van der Waals surface area contributed by atoms with E-state index in [1.54, 1.807) is 7.11 Å². The predicted octanol–water partition coefficient (Wildman–Crippen LogP) is 5.24. The minimum Gasteiger partial charge on any atom is -0.497 e. The fourth-order valence-electron chi connectivity index (χ4n) is 4.49. The second kappa shape index (κ2) is 11.2. The number of hydrogen-bond acceptors (Lipinski definition) is 6. The third-order valence-corrected chi connectivity index (χ3v) is 6.61. The van der Waals surface area contributed by atoms with Crippen LogP contribution in [0.25, 0.3) is 11.3 Å². The van der Waals surface area contributed by atoms with Crippen molar-refractivity contribution in [1.82, 2.24) is 15.3 Å². The van der Waals surface area contributed by atoms with Gasteiger partial charge in [0.25, 0.3) is 0 Å². The summed E-state index contributed by atoms with van der Waals surface area (Å²) in [4.78, 5) is 10.1. The van der Waals surface area contributed by atoms with Crippen LogP contribution in [0.1, 0.15) is 42.4 Å². The molecule has 0 saturated carbocycles. The summed E-state index contributed by atoms with van der Waals surface area (Å²) in [5.41, 5.74) is 6.10. The van der Waals surface area contributed by atoms with E-state index in [-0.39, 0.29) is 12.1 Å². The molecule has 0 amide bonds. The first-order valence-electron chi connectivity index (χ1n) is 11.9. The second-order valence-corrected chi connectivity index (χ2v) is 8.81. The van der Waals surface area contributed by atoms with E-state index in [0.717, 1.165) is 60.0 Å². The zero-order valence-electron chi connectivity index (χ0n) is 20.3. The molecule has 0 bridgehead atoms. The molecule has 1 aliphatic carbocycles. The Balaban J connectivity index is 1.70. The van der Waals surface area contributed by atoms with Crippen molar-refractivity contribution in [3.63, 3.8) is 0 Å². The van der Waals surface area contributed by atoms with Crippen LogP contribution in [0.2, 0.25) is 5.02 Å². The maximum Gasteiger partial charge on any atom is 0.148 e. The molecule has 2 aromatic carbocycles. The van der Waals surface area contributed by atoms with E-state index in [1.165, 1.54) is 11.1 Å². The van der Waals surface area contributed by atoms with E-state index in [4.69, 9.17) is 31.0 Å². The van der Waals surface area contributed by atoms with Gasteiger partial charge in [-0.3, -0.25) is 0 Å². The number of likely N-dealkylation sites (N-methyl/N-ethyl adjacent to an activating group) is 1. The average molecular weight is 481 g/mol. The highest BCUT2D eigenvalue weighted by molar-refractivity contribution is 6.33. The Morgan fingerprint density at radius 2 is 1.85 bits per heavy atom. The molecular weight excluding hydrogens is 448 g/mol. The van der Waals surface area contributed by atoms with Crippen LogP contribution in [-0.4, -0.2) is 43.4 Å². The van der Waals surface area contributed by atoms with E-state index in [9.17, 15) is 0 Å². The smallest absolute Gasteiger partial charge is 0.148 e. The number of fused-ring (bicyclic) bond motifs is 1. The standard InChI is InChI=1S/C27H33ClN4O2/c1-5-22-25(20-12-11-18(33-4)16-21(20)28)30-23(6-2)27(31-22)32-26-19-10-8-7-9-17(19)15-24(26)34-14-13-29-3/h7-12,16,24,26,29H,5-6,13-15H2,1-4H3,(H,31,32)/t24-,26+/m0/s1. The lowest BCUT2D eigenvalue weighted by molar-refractivity contribution is 0.0505. The summed E-state index contributed by atoms with van der Waals surface area (Å²) in [6, 6.07) is 14.2. The van der Waals surface area contributed by atoms with Crippen LogP contribution in [0, 0.1) is 0 Å². The number of methoxy groups -OCH3 is 1. The maximum absolute atomic E-state index is 6.60. The Bertz CT molecular complexity index is 1140. The molecule has 1 aromatic heterocycles. The number of hydrogen-bond donors (Lipinski definition) is 2. The lowest BCUT2D eigenvalue weighted by Gasteiger charge is -2.25. The van der Waals surface area contributed by atoms with E-state index >= 15 is 0 Å². The zero-order chi connectivity index (χ0) is 24.1. The molecule has 34 heavy (non-hydrogen) atoms. The van der Waals surface area contributed by atoms with Gasteiger partial charge in [0, 0.05) is 18.5 Å². The number of nitrogens with one attached hydrogen (secondary N) is 2. The van der Waals surface area contributed by atoms with Gasteiger partial charge in [-0.1, -0.05) is 49.7 Å². The summed E-state index contributed by atoms with van der Waals surface area (Å²) in [7, 11) is 3.57. The highest BCUT2D eigenvalue weighted by Crippen LogP contribution is 2.38. The van der Waals surface area contributed by atoms with Crippen molar-refractivity contribution in [3.8, 4) is 17.0 Å². The number of anilines is 1. The largest absolute Gasteiger partial charge is 0.497 e. The van der Waals surface area contributed by atoms with Crippen molar-refractivity contribution in [3.05, 3.63) is 70.0 Å². The normalized spacial score (nSPS) is 17.0. The summed E-state index contributed by atoms with van der Waals surface area (Å²) in [6.07, 6.45) is 2.41. The molecule has 0 spiro atoms. The molecule has 2 N–H and O–H groups in total. The van der Waals surface area contributed by atoms with Gasteiger partial charge in [0.05, 0.1) is 48.0 Å². The van der Waals surface area contributed by atoms with E-state index < -0.39 is 0 Å². The van der Waals surface area contributed by atoms with Crippen molar-refractivity contribution in [1.29, 1.82) is 0 Å². The molecule has 4 rings (SSSR count). The molecule has 3 aromatic rings. The van der Waals surface area contributed by atoms with Crippen LogP contribution in [0.4, 0.5) is 5.82 Å². The monoisotopic (exact) mass is 480 g/mol. The van der Waals surface area contributed by atoms with Gasteiger partial charge in [-0.15, -0.1) is 0 Å². The Morgan fingerprint density at radius 1 is 1.06 bits per heavy atom. The Hall–Kier alpha value is -2.67. The van der Waals surface area contributed by atoms with Gasteiger partial charge in [-0.25, -0.2) is 9.97 Å². The van der Waals surface area contributed by atoms with Gasteiger partial charge in [-0.2, -0.15) is 0 Å². The Labute approximate surface area is 207 Å². The quantitative estimate of drug-likeness (QED) is 0.386. The van der Waals surface area contributed by atoms with E-state index in [0.29, 0.717) is 11.6 Å². The molecule has 0 radical (unpaired) electrons. The summed E-state index contributed by atoms with van der Waals surface area (Å²) in [5.74, 6) is 1.54. The van der Waals surface area contributed by atoms with E-state index in [2.05, 4.69) is 48.7 Å². The molecule has 6 nitrogen and oxygen atoms in total. The minimum atomic E-state index is 0.0211. The molecule has 0 saturated heterocycles.